The second kappa shape index (κ2) is 10.2. The number of hydrogen-bond acceptors (Lipinski definition) is 5. The second-order valence-electron chi connectivity index (χ2n) is 5.83. The van der Waals surface area contributed by atoms with E-state index in [1.54, 1.807) is 33.5 Å². The highest BCUT2D eigenvalue weighted by molar-refractivity contribution is 7.99. The standard InChI is InChI=1S/C19H27NO4S/c1-22-16-10-8-14(18(23-2)19(16)24-3)9-11-17(21)20-12-13-25-15-6-4-5-7-15/h8-11,15H,4-7,12-13H2,1-3H3,(H,20,21)/b11-9+. The van der Waals surface area contributed by atoms with Gasteiger partial charge in [0.05, 0.1) is 21.3 Å². The average molecular weight is 365 g/mol. The number of amides is 1. The molecule has 0 aliphatic heterocycles. The zero-order valence-electron chi connectivity index (χ0n) is 15.2. The summed E-state index contributed by atoms with van der Waals surface area (Å²) in [5, 5.41) is 3.70. The Balaban J connectivity index is 1.88. The Hall–Kier alpha value is -1.82. The topological polar surface area (TPSA) is 56.8 Å². The average Bonchev–Trinajstić information content (AvgIpc) is 3.15. The summed E-state index contributed by atoms with van der Waals surface area (Å²) in [5.74, 6) is 2.50. The normalized spacial score (nSPS) is 14.7. The van der Waals surface area contributed by atoms with Gasteiger partial charge in [0.25, 0.3) is 0 Å². The molecule has 1 aliphatic rings. The van der Waals surface area contributed by atoms with Crippen LogP contribution in [0, 0.1) is 0 Å². The van der Waals surface area contributed by atoms with E-state index in [0.29, 0.717) is 23.8 Å². The molecule has 1 N–H and O–H groups in total. The number of methoxy groups -OCH3 is 3. The fraction of sp³-hybridized carbons (Fsp3) is 0.526. The highest BCUT2D eigenvalue weighted by Crippen LogP contribution is 2.40. The fourth-order valence-electron chi connectivity index (χ4n) is 2.93. The van der Waals surface area contributed by atoms with Crippen LogP contribution in [-0.4, -0.2) is 44.8 Å². The van der Waals surface area contributed by atoms with Gasteiger partial charge in [-0.1, -0.05) is 12.8 Å². The molecule has 138 valence electrons. The molecular weight excluding hydrogens is 338 g/mol. The zero-order chi connectivity index (χ0) is 18.1. The van der Waals surface area contributed by atoms with Crippen molar-refractivity contribution in [2.24, 2.45) is 0 Å². The van der Waals surface area contributed by atoms with Gasteiger partial charge in [-0.05, 0) is 31.1 Å². The third kappa shape index (κ3) is 5.59. The number of nitrogens with one attached hydrogen (secondary N) is 1. The molecule has 1 amide bonds. The summed E-state index contributed by atoms with van der Waals surface area (Å²) in [6, 6.07) is 3.62. The van der Waals surface area contributed by atoms with Gasteiger partial charge in [0.15, 0.2) is 11.5 Å². The van der Waals surface area contributed by atoms with Crippen LogP contribution >= 0.6 is 11.8 Å². The second-order valence-corrected chi connectivity index (χ2v) is 7.23. The summed E-state index contributed by atoms with van der Waals surface area (Å²) in [7, 11) is 4.70. The predicted octanol–water partition coefficient (Wildman–Crippen LogP) is 3.52. The molecule has 1 aliphatic carbocycles. The van der Waals surface area contributed by atoms with Gasteiger partial charge < -0.3 is 19.5 Å². The van der Waals surface area contributed by atoms with Crippen molar-refractivity contribution < 1.29 is 19.0 Å². The number of rotatable bonds is 9. The van der Waals surface area contributed by atoms with Crippen LogP contribution in [0.1, 0.15) is 31.2 Å². The van der Waals surface area contributed by atoms with Gasteiger partial charge in [-0.25, -0.2) is 0 Å². The van der Waals surface area contributed by atoms with Crippen LogP contribution < -0.4 is 19.5 Å². The molecule has 0 radical (unpaired) electrons. The number of carbonyl (C=O) groups excluding carboxylic acids is 1. The quantitative estimate of drug-likeness (QED) is 0.536. The van der Waals surface area contributed by atoms with E-state index in [1.165, 1.54) is 31.8 Å². The molecule has 2 rings (SSSR count). The van der Waals surface area contributed by atoms with E-state index in [4.69, 9.17) is 14.2 Å². The van der Waals surface area contributed by atoms with Crippen molar-refractivity contribution in [1.29, 1.82) is 0 Å². The van der Waals surface area contributed by atoms with E-state index in [2.05, 4.69) is 5.32 Å². The third-order valence-electron chi connectivity index (χ3n) is 4.21. The molecule has 0 atom stereocenters. The number of thioether (sulfide) groups is 1. The molecule has 1 aromatic rings. The molecule has 0 aromatic heterocycles. The van der Waals surface area contributed by atoms with Gasteiger partial charge >= 0.3 is 0 Å². The van der Waals surface area contributed by atoms with Crippen LogP contribution in [-0.2, 0) is 4.79 Å². The first kappa shape index (κ1) is 19.5. The lowest BCUT2D eigenvalue weighted by Gasteiger charge is -2.14. The van der Waals surface area contributed by atoms with Gasteiger partial charge in [-0.3, -0.25) is 4.79 Å². The smallest absolute Gasteiger partial charge is 0.244 e. The van der Waals surface area contributed by atoms with Crippen LogP contribution in [0.25, 0.3) is 6.08 Å². The molecule has 0 saturated heterocycles. The van der Waals surface area contributed by atoms with Gasteiger partial charge in [-0.15, -0.1) is 0 Å². The fourth-order valence-corrected chi connectivity index (χ4v) is 4.15. The molecule has 1 fully saturated rings. The highest BCUT2D eigenvalue weighted by Gasteiger charge is 2.15. The lowest BCUT2D eigenvalue weighted by molar-refractivity contribution is -0.116. The third-order valence-corrected chi connectivity index (χ3v) is 5.59. The van der Waals surface area contributed by atoms with Crippen molar-refractivity contribution >= 4 is 23.7 Å². The van der Waals surface area contributed by atoms with Crippen LogP contribution in [0.15, 0.2) is 18.2 Å². The number of benzene rings is 1. The zero-order valence-corrected chi connectivity index (χ0v) is 16.0. The van der Waals surface area contributed by atoms with Crippen LogP contribution in [0.4, 0.5) is 0 Å². The number of ether oxygens (including phenoxy) is 3. The molecule has 0 spiro atoms. The first-order chi connectivity index (χ1) is 12.2. The predicted molar refractivity (Wildman–Crippen MR) is 103 cm³/mol. The van der Waals surface area contributed by atoms with E-state index >= 15 is 0 Å². The maximum Gasteiger partial charge on any atom is 0.244 e. The minimum absolute atomic E-state index is 0.108. The number of carbonyl (C=O) groups is 1. The van der Waals surface area contributed by atoms with Crippen molar-refractivity contribution in [3.63, 3.8) is 0 Å². The Kier molecular flexibility index (Phi) is 7.98. The monoisotopic (exact) mass is 365 g/mol. The summed E-state index contributed by atoms with van der Waals surface area (Å²) >= 11 is 1.97. The van der Waals surface area contributed by atoms with Crippen molar-refractivity contribution in [2.75, 3.05) is 33.6 Å². The van der Waals surface area contributed by atoms with Gasteiger partial charge in [0, 0.05) is 29.2 Å². The van der Waals surface area contributed by atoms with Gasteiger partial charge in [0.1, 0.15) is 0 Å². The van der Waals surface area contributed by atoms with Gasteiger partial charge in [0.2, 0.25) is 11.7 Å². The Bertz CT molecular complexity index is 597. The van der Waals surface area contributed by atoms with E-state index in [0.717, 1.165) is 16.6 Å². The van der Waals surface area contributed by atoms with E-state index in [1.807, 2.05) is 17.8 Å². The van der Waals surface area contributed by atoms with Crippen LogP contribution in [0.2, 0.25) is 0 Å². The summed E-state index contributed by atoms with van der Waals surface area (Å²) < 4.78 is 16.0. The van der Waals surface area contributed by atoms with Crippen molar-refractivity contribution in [3.05, 3.63) is 23.8 Å². The van der Waals surface area contributed by atoms with Gasteiger partial charge in [-0.2, -0.15) is 11.8 Å². The first-order valence-electron chi connectivity index (χ1n) is 8.56. The lowest BCUT2D eigenvalue weighted by atomic mass is 10.1. The first-order valence-corrected chi connectivity index (χ1v) is 9.61. The largest absolute Gasteiger partial charge is 0.493 e. The number of hydrogen-bond donors (Lipinski definition) is 1. The van der Waals surface area contributed by atoms with Crippen molar-refractivity contribution in [1.82, 2.24) is 5.32 Å². The lowest BCUT2D eigenvalue weighted by Crippen LogP contribution is -2.24. The van der Waals surface area contributed by atoms with E-state index < -0.39 is 0 Å². The van der Waals surface area contributed by atoms with E-state index in [-0.39, 0.29) is 5.91 Å². The van der Waals surface area contributed by atoms with E-state index in [9.17, 15) is 4.79 Å². The Labute approximate surface area is 154 Å². The molecule has 6 heteroatoms. The molecule has 0 unspecified atom stereocenters. The summed E-state index contributed by atoms with van der Waals surface area (Å²) in [5.41, 5.74) is 0.760. The molecule has 1 aromatic carbocycles. The maximum absolute atomic E-state index is 12.0. The molecule has 5 nitrogen and oxygen atoms in total. The summed E-state index contributed by atoms with van der Waals surface area (Å²) in [6.07, 6.45) is 8.57. The Morgan fingerprint density at radius 2 is 1.88 bits per heavy atom. The molecule has 25 heavy (non-hydrogen) atoms. The Morgan fingerprint density at radius 3 is 2.52 bits per heavy atom. The SMILES string of the molecule is COc1ccc(/C=C/C(=O)NCCSC2CCCC2)c(OC)c1OC. The minimum atomic E-state index is -0.108. The van der Waals surface area contributed by atoms with Crippen molar-refractivity contribution in [2.45, 2.75) is 30.9 Å². The summed E-state index contributed by atoms with van der Waals surface area (Å²) in [6.45, 7) is 0.688. The maximum atomic E-state index is 12.0. The Morgan fingerprint density at radius 1 is 1.16 bits per heavy atom. The molecule has 1 saturated carbocycles. The highest BCUT2D eigenvalue weighted by atomic mass is 32.2. The molecule has 0 heterocycles. The summed E-state index contributed by atoms with van der Waals surface area (Å²) in [4.78, 5) is 12.0. The molecule has 0 bridgehead atoms. The minimum Gasteiger partial charge on any atom is -0.493 e. The molecular formula is C19H27NO4S. The van der Waals surface area contributed by atoms with Crippen molar-refractivity contribution in [3.8, 4) is 17.2 Å². The van der Waals surface area contributed by atoms with Crippen LogP contribution in [0.5, 0.6) is 17.2 Å². The van der Waals surface area contributed by atoms with Crippen LogP contribution in [0.3, 0.4) is 0 Å².